The number of nitrogens with zero attached hydrogens (tertiary/aromatic N) is 4. The summed E-state index contributed by atoms with van der Waals surface area (Å²) < 4.78 is 28.6. The molecule has 0 unspecified atom stereocenters. The van der Waals surface area contributed by atoms with Crippen molar-refractivity contribution in [1.82, 2.24) is 19.4 Å². The van der Waals surface area contributed by atoms with Gasteiger partial charge in [-0.05, 0) is 49.2 Å². The third kappa shape index (κ3) is 4.36. The molecular weight excluding hydrogens is 458 g/mol. The van der Waals surface area contributed by atoms with Crippen LogP contribution in [0.25, 0.3) is 16.7 Å². The topological polar surface area (TPSA) is 95.7 Å². The Morgan fingerprint density at radius 2 is 1.69 bits per heavy atom. The number of rotatable bonds is 4. The van der Waals surface area contributed by atoms with E-state index in [2.05, 4.69) is 4.98 Å². The van der Waals surface area contributed by atoms with Gasteiger partial charge in [-0.15, -0.1) is 0 Å². The summed E-state index contributed by atoms with van der Waals surface area (Å²) in [5, 5.41) is 10.1. The minimum Gasteiger partial charge on any atom is -0.480 e. The van der Waals surface area contributed by atoms with Gasteiger partial charge in [0, 0.05) is 61.5 Å². The molecule has 2 amide bonds. The number of aromatic nitrogens is 2. The van der Waals surface area contributed by atoms with Gasteiger partial charge in [0.05, 0.1) is 5.56 Å². The predicted molar refractivity (Wildman–Crippen MR) is 123 cm³/mol. The van der Waals surface area contributed by atoms with E-state index in [1.807, 2.05) is 10.6 Å². The molecule has 0 bridgehead atoms. The third-order valence-corrected chi connectivity index (χ3v) is 6.75. The highest BCUT2D eigenvalue weighted by molar-refractivity contribution is 5.98. The second-order valence-electron chi connectivity index (χ2n) is 9.01. The number of aliphatic carboxylic acids is 1. The van der Waals surface area contributed by atoms with Crippen LogP contribution in [-0.2, 0) is 4.79 Å². The smallest absolute Gasteiger partial charge is 0.326 e. The Hall–Kier alpha value is -3.82. The summed E-state index contributed by atoms with van der Waals surface area (Å²) in [5.74, 6) is -4.33. The molecule has 2 aliphatic rings. The first-order chi connectivity index (χ1) is 16.7. The Bertz CT molecular complexity index is 1290. The third-order valence-electron chi connectivity index (χ3n) is 6.75. The lowest BCUT2D eigenvalue weighted by molar-refractivity contribution is -0.141. The molecule has 1 aromatic carbocycles. The van der Waals surface area contributed by atoms with E-state index in [1.165, 1.54) is 16.0 Å². The maximum absolute atomic E-state index is 13.4. The average molecular weight is 482 g/mol. The van der Waals surface area contributed by atoms with E-state index in [0.717, 1.165) is 11.1 Å². The summed E-state index contributed by atoms with van der Waals surface area (Å²) in [7, 11) is 0. The molecular formula is C25H24F2N4O4. The monoisotopic (exact) mass is 482 g/mol. The number of carboxylic acid groups (broad SMARTS) is 1. The van der Waals surface area contributed by atoms with E-state index in [9.17, 15) is 28.3 Å². The summed E-state index contributed by atoms with van der Waals surface area (Å²) in [4.78, 5) is 44.2. The lowest BCUT2D eigenvalue weighted by Gasteiger charge is -2.31. The molecule has 5 rings (SSSR count). The van der Waals surface area contributed by atoms with Gasteiger partial charge in [-0.2, -0.15) is 0 Å². The SMILES string of the molecule is O=C(O)[C@@H]1CCCN1C(=O)c1ccc(-n2ccc3cc(C(=O)N4CCC(F)(F)CC4)cnc32)cc1. The number of carbonyl (C=O) groups is 3. The Morgan fingerprint density at radius 1 is 0.971 bits per heavy atom. The van der Waals surface area contributed by atoms with E-state index in [4.69, 9.17) is 0 Å². The van der Waals surface area contributed by atoms with Crippen LogP contribution in [0.1, 0.15) is 46.4 Å². The lowest BCUT2D eigenvalue weighted by atomic mass is 10.1. The molecule has 8 nitrogen and oxygen atoms in total. The van der Waals surface area contributed by atoms with Crippen molar-refractivity contribution in [1.29, 1.82) is 0 Å². The fourth-order valence-electron chi connectivity index (χ4n) is 4.77. The van der Waals surface area contributed by atoms with Crippen molar-refractivity contribution >= 4 is 28.8 Å². The molecule has 0 aliphatic carbocycles. The van der Waals surface area contributed by atoms with Gasteiger partial charge >= 0.3 is 5.97 Å². The van der Waals surface area contributed by atoms with Crippen LogP contribution < -0.4 is 0 Å². The molecule has 2 fully saturated rings. The van der Waals surface area contributed by atoms with Crippen molar-refractivity contribution in [3.05, 3.63) is 59.9 Å². The highest BCUT2D eigenvalue weighted by Gasteiger charge is 2.36. The fourth-order valence-corrected chi connectivity index (χ4v) is 4.77. The van der Waals surface area contributed by atoms with Crippen LogP contribution in [0.5, 0.6) is 0 Å². The highest BCUT2D eigenvalue weighted by Crippen LogP contribution is 2.29. The van der Waals surface area contributed by atoms with Crippen LogP contribution in [0, 0.1) is 0 Å². The van der Waals surface area contributed by atoms with Crippen molar-refractivity contribution in [3.8, 4) is 5.69 Å². The van der Waals surface area contributed by atoms with Crippen LogP contribution in [-0.4, -0.2) is 73.8 Å². The first-order valence-electron chi connectivity index (χ1n) is 11.5. The Kier molecular flexibility index (Phi) is 5.74. The molecule has 2 saturated heterocycles. The number of carbonyl (C=O) groups excluding carboxylic acids is 2. The van der Waals surface area contributed by atoms with Gasteiger partial charge < -0.3 is 19.5 Å². The quantitative estimate of drug-likeness (QED) is 0.613. The summed E-state index contributed by atoms with van der Waals surface area (Å²) in [6.45, 7) is 0.450. The normalized spacial score (nSPS) is 19.8. The van der Waals surface area contributed by atoms with Crippen LogP contribution in [0.2, 0.25) is 0 Å². The zero-order chi connectivity index (χ0) is 24.7. The van der Waals surface area contributed by atoms with Gasteiger partial charge in [0.1, 0.15) is 11.7 Å². The predicted octanol–water partition coefficient (Wildman–Crippen LogP) is 3.59. The number of amides is 2. The minimum atomic E-state index is -2.72. The van der Waals surface area contributed by atoms with Crippen LogP contribution in [0.4, 0.5) is 8.78 Å². The van der Waals surface area contributed by atoms with Crippen molar-refractivity contribution in [2.45, 2.75) is 37.6 Å². The van der Waals surface area contributed by atoms with Crippen LogP contribution >= 0.6 is 0 Å². The molecule has 182 valence electrons. The maximum Gasteiger partial charge on any atom is 0.326 e. The van der Waals surface area contributed by atoms with Gasteiger partial charge in [-0.3, -0.25) is 9.59 Å². The second kappa shape index (κ2) is 8.75. The van der Waals surface area contributed by atoms with Crippen LogP contribution in [0.15, 0.2) is 48.8 Å². The number of pyridine rings is 1. The number of hydrogen-bond acceptors (Lipinski definition) is 4. The molecule has 35 heavy (non-hydrogen) atoms. The molecule has 3 aromatic rings. The minimum absolute atomic E-state index is 0.0145. The number of benzene rings is 1. The largest absolute Gasteiger partial charge is 0.480 e. The molecule has 0 saturated carbocycles. The number of hydrogen-bond donors (Lipinski definition) is 1. The summed E-state index contributed by atoms with van der Waals surface area (Å²) in [6, 6.07) is 9.55. The number of piperidine rings is 1. The van der Waals surface area contributed by atoms with Crippen molar-refractivity contribution < 1.29 is 28.3 Å². The molecule has 0 radical (unpaired) electrons. The number of alkyl halides is 2. The van der Waals surface area contributed by atoms with E-state index in [0.29, 0.717) is 36.2 Å². The zero-order valence-electron chi connectivity index (χ0n) is 18.9. The molecule has 0 spiro atoms. The summed E-state index contributed by atoms with van der Waals surface area (Å²) in [5.41, 5.74) is 2.11. The lowest BCUT2D eigenvalue weighted by Crippen LogP contribution is -2.42. The van der Waals surface area contributed by atoms with Gasteiger partial charge in [0.15, 0.2) is 0 Å². The number of carboxylic acids is 1. The molecule has 2 aliphatic heterocycles. The van der Waals surface area contributed by atoms with E-state index in [1.54, 1.807) is 36.5 Å². The standard InChI is InChI=1S/C25H24F2N4O4/c26-25(27)8-12-29(13-9-25)22(32)18-14-17-7-11-30(21(17)28-15-18)19-5-3-16(4-6-19)23(33)31-10-1-2-20(31)24(34)35/h3-7,11,14-15,20H,1-2,8-10,12-13H2,(H,34,35)/t20-/m0/s1. The number of halogens is 2. The van der Waals surface area contributed by atoms with Crippen molar-refractivity contribution in [2.24, 2.45) is 0 Å². The molecule has 1 N–H and O–H groups in total. The van der Waals surface area contributed by atoms with E-state index >= 15 is 0 Å². The van der Waals surface area contributed by atoms with Gasteiger partial charge in [0.2, 0.25) is 0 Å². The fraction of sp³-hybridized carbons (Fsp3) is 0.360. The van der Waals surface area contributed by atoms with E-state index in [-0.39, 0.29) is 37.7 Å². The molecule has 1 atom stereocenters. The number of likely N-dealkylation sites (tertiary alicyclic amines) is 2. The molecule has 4 heterocycles. The summed E-state index contributed by atoms with van der Waals surface area (Å²) >= 11 is 0. The second-order valence-corrected chi connectivity index (χ2v) is 9.01. The molecule has 2 aromatic heterocycles. The molecule has 10 heteroatoms. The van der Waals surface area contributed by atoms with E-state index < -0.39 is 17.9 Å². The Labute approximate surface area is 199 Å². The van der Waals surface area contributed by atoms with Gasteiger partial charge in [-0.25, -0.2) is 18.6 Å². The van der Waals surface area contributed by atoms with Gasteiger partial charge in [-0.1, -0.05) is 0 Å². The van der Waals surface area contributed by atoms with Crippen molar-refractivity contribution in [2.75, 3.05) is 19.6 Å². The highest BCUT2D eigenvalue weighted by atomic mass is 19.3. The van der Waals surface area contributed by atoms with Gasteiger partial charge in [0.25, 0.3) is 17.7 Å². The van der Waals surface area contributed by atoms with Crippen molar-refractivity contribution in [3.63, 3.8) is 0 Å². The zero-order valence-corrected chi connectivity index (χ0v) is 18.9. The number of fused-ring (bicyclic) bond motifs is 1. The Morgan fingerprint density at radius 3 is 2.37 bits per heavy atom. The first kappa shape index (κ1) is 22.9. The Balaban J connectivity index is 1.34. The maximum atomic E-state index is 13.4. The average Bonchev–Trinajstić information content (AvgIpc) is 3.50. The summed E-state index contributed by atoms with van der Waals surface area (Å²) in [6.07, 6.45) is 3.69. The van der Waals surface area contributed by atoms with Crippen LogP contribution in [0.3, 0.4) is 0 Å². The first-order valence-corrected chi connectivity index (χ1v) is 11.5.